The Morgan fingerprint density at radius 1 is 0.960 bits per heavy atom. The fraction of sp³-hybridized carbons (Fsp3) is 0.381. The first-order valence-electron chi connectivity index (χ1n) is 18.0. The van der Waals surface area contributed by atoms with Crippen LogP contribution in [0.1, 0.15) is 101 Å². The molecule has 8 nitrogen and oxygen atoms in total. The number of aromatic amines is 2. The van der Waals surface area contributed by atoms with Crippen molar-refractivity contribution in [3.05, 3.63) is 107 Å². The zero-order valence-corrected chi connectivity index (χ0v) is 29.9. The Kier molecular flexibility index (Phi) is 10.8. The molecule has 1 saturated heterocycles. The van der Waals surface area contributed by atoms with Crippen molar-refractivity contribution < 1.29 is 9.59 Å². The van der Waals surface area contributed by atoms with Crippen molar-refractivity contribution in [3.63, 3.8) is 0 Å². The summed E-state index contributed by atoms with van der Waals surface area (Å²) in [6.45, 7) is 12.4. The maximum absolute atomic E-state index is 13.8. The summed E-state index contributed by atoms with van der Waals surface area (Å²) in [6, 6.07) is 24.2. The number of hydrogen-bond acceptors (Lipinski definition) is 4. The van der Waals surface area contributed by atoms with Crippen LogP contribution in [0.15, 0.2) is 79.0 Å². The summed E-state index contributed by atoms with van der Waals surface area (Å²) >= 11 is 0. The number of rotatable bonds is 11. The summed E-state index contributed by atoms with van der Waals surface area (Å²) in [5, 5.41) is 0. The van der Waals surface area contributed by atoms with E-state index >= 15 is 0 Å². The second-order valence-corrected chi connectivity index (χ2v) is 14.2. The minimum absolute atomic E-state index is 0.00212. The summed E-state index contributed by atoms with van der Waals surface area (Å²) in [7, 11) is 0. The van der Waals surface area contributed by atoms with Gasteiger partial charge in [-0.05, 0) is 72.6 Å². The molecule has 6 rings (SSSR count). The van der Waals surface area contributed by atoms with Crippen LogP contribution in [0.5, 0.6) is 0 Å². The van der Waals surface area contributed by atoms with Gasteiger partial charge in [-0.3, -0.25) is 9.59 Å². The second kappa shape index (κ2) is 15.6. The standard InChI is InChI=1S/C42H48N6O2/c1-6-22-47(42(50)40(29(4)5)33-11-8-7-9-12-33)27-38-43-26-36(44-38)32-19-16-30(17-20-32)14-15-31-18-21-34-35(25-31)46-41(45-34)37-13-10-23-48(37)39(49)24-28(2)3/h7-9,11-12,16-21,25-26,28-29,37,40H,6,10,13,22-24,27H2,1-5H3,(H,43,44)(H,45,46)/t37-,40+/m0/s1. The number of benzene rings is 3. The molecule has 1 aliphatic rings. The third-order valence-electron chi connectivity index (χ3n) is 9.38. The molecule has 0 unspecified atom stereocenters. The van der Waals surface area contributed by atoms with Gasteiger partial charge in [0.15, 0.2) is 0 Å². The largest absolute Gasteiger partial charge is 0.341 e. The van der Waals surface area contributed by atoms with Crippen LogP contribution < -0.4 is 0 Å². The fourth-order valence-corrected chi connectivity index (χ4v) is 6.94. The topological polar surface area (TPSA) is 98.0 Å². The Morgan fingerprint density at radius 3 is 2.42 bits per heavy atom. The van der Waals surface area contributed by atoms with Crippen LogP contribution in [-0.4, -0.2) is 54.6 Å². The molecule has 3 aromatic carbocycles. The van der Waals surface area contributed by atoms with Gasteiger partial charge in [-0.15, -0.1) is 0 Å². The molecule has 1 fully saturated rings. The Hall–Kier alpha value is -5.16. The molecule has 0 aliphatic carbocycles. The van der Waals surface area contributed by atoms with Crippen molar-refractivity contribution in [2.24, 2.45) is 11.8 Å². The van der Waals surface area contributed by atoms with Gasteiger partial charge in [0.25, 0.3) is 0 Å². The number of aromatic nitrogens is 4. The van der Waals surface area contributed by atoms with Crippen LogP contribution in [0.4, 0.5) is 0 Å². The first-order valence-corrected chi connectivity index (χ1v) is 18.0. The normalized spacial score (nSPS) is 15.0. The van der Waals surface area contributed by atoms with Crippen molar-refractivity contribution in [2.75, 3.05) is 13.1 Å². The second-order valence-electron chi connectivity index (χ2n) is 14.2. The highest BCUT2D eigenvalue weighted by Gasteiger charge is 2.32. The van der Waals surface area contributed by atoms with E-state index in [-0.39, 0.29) is 29.7 Å². The number of carbonyl (C=O) groups is 2. The third kappa shape index (κ3) is 8.00. The predicted octanol–water partition coefficient (Wildman–Crippen LogP) is 8.24. The zero-order chi connectivity index (χ0) is 35.2. The Balaban J connectivity index is 1.12. The van der Waals surface area contributed by atoms with E-state index in [0.717, 1.165) is 76.4 Å². The monoisotopic (exact) mass is 668 g/mol. The van der Waals surface area contributed by atoms with Gasteiger partial charge < -0.3 is 19.8 Å². The Labute approximate surface area is 295 Å². The van der Waals surface area contributed by atoms with Gasteiger partial charge in [-0.2, -0.15) is 0 Å². The molecule has 2 N–H and O–H groups in total. The molecule has 8 heteroatoms. The van der Waals surface area contributed by atoms with Crippen molar-refractivity contribution in [2.45, 2.75) is 78.8 Å². The van der Waals surface area contributed by atoms with Crippen LogP contribution in [0.25, 0.3) is 22.3 Å². The summed E-state index contributed by atoms with van der Waals surface area (Å²) in [5.74, 6) is 8.87. The lowest BCUT2D eigenvalue weighted by Gasteiger charge is -2.29. The van der Waals surface area contributed by atoms with Gasteiger partial charge in [0.2, 0.25) is 11.8 Å². The summed E-state index contributed by atoms with van der Waals surface area (Å²) in [4.78, 5) is 47.0. The van der Waals surface area contributed by atoms with Crippen LogP contribution in [0, 0.1) is 23.7 Å². The van der Waals surface area contributed by atoms with Gasteiger partial charge in [0.1, 0.15) is 11.6 Å². The molecule has 3 heterocycles. The highest BCUT2D eigenvalue weighted by Crippen LogP contribution is 2.33. The highest BCUT2D eigenvalue weighted by molar-refractivity contribution is 5.84. The van der Waals surface area contributed by atoms with E-state index in [2.05, 4.69) is 61.4 Å². The number of nitrogens with zero attached hydrogens (tertiary/aromatic N) is 4. The van der Waals surface area contributed by atoms with Gasteiger partial charge in [-0.1, -0.05) is 88.9 Å². The Bertz CT molecular complexity index is 1980. The maximum atomic E-state index is 13.8. The third-order valence-corrected chi connectivity index (χ3v) is 9.38. The van der Waals surface area contributed by atoms with E-state index in [9.17, 15) is 9.59 Å². The number of amides is 2. The molecule has 1 aliphatic heterocycles. The quantitative estimate of drug-likeness (QED) is 0.139. The lowest BCUT2D eigenvalue weighted by atomic mass is 9.87. The molecule has 0 bridgehead atoms. The predicted molar refractivity (Wildman–Crippen MR) is 199 cm³/mol. The van der Waals surface area contributed by atoms with E-state index in [4.69, 9.17) is 4.98 Å². The molecule has 5 aromatic rings. The van der Waals surface area contributed by atoms with Crippen molar-refractivity contribution in [1.29, 1.82) is 0 Å². The van der Waals surface area contributed by atoms with Crippen molar-refractivity contribution in [1.82, 2.24) is 29.7 Å². The van der Waals surface area contributed by atoms with E-state index in [1.54, 1.807) is 0 Å². The molecule has 50 heavy (non-hydrogen) atoms. The van der Waals surface area contributed by atoms with Crippen LogP contribution in [0.2, 0.25) is 0 Å². The number of hydrogen-bond donors (Lipinski definition) is 2. The van der Waals surface area contributed by atoms with E-state index in [1.807, 2.05) is 88.8 Å². The zero-order valence-electron chi connectivity index (χ0n) is 29.9. The Morgan fingerprint density at radius 2 is 1.70 bits per heavy atom. The van der Waals surface area contributed by atoms with E-state index in [1.165, 1.54) is 0 Å². The number of H-pyrrole nitrogens is 2. The molecule has 2 atom stereocenters. The number of imidazole rings is 2. The number of carbonyl (C=O) groups excluding carboxylic acids is 2. The highest BCUT2D eigenvalue weighted by atomic mass is 16.2. The lowest BCUT2D eigenvalue weighted by Crippen LogP contribution is -2.37. The average molecular weight is 669 g/mol. The number of likely N-dealkylation sites (tertiary alicyclic amines) is 1. The molecule has 258 valence electrons. The summed E-state index contributed by atoms with van der Waals surface area (Å²) in [6.07, 6.45) is 5.19. The maximum Gasteiger partial charge on any atom is 0.230 e. The van der Waals surface area contributed by atoms with Gasteiger partial charge in [0.05, 0.1) is 41.4 Å². The molecule has 0 spiro atoms. The average Bonchev–Trinajstić information content (AvgIpc) is 3.87. The lowest BCUT2D eigenvalue weighted by molar-refractivity contribution is -0.135. The number of fused-ring (bicyclic) bond motifs is 1. The van der Waals surface area contributed by atoms with Crippen molar-refractivity contribution >= 4 is 22.8 Å². The minimum Gasteiger partial charge on any atom is -0.341 e. The van der Waals surface area contributed by atoms with Gasteiger partial charge in [-0.25, -0.2) is 9.97 Å². The van der Waals surface area contributed by atoms with E-state index < -0.39 is 0 Å². The number of nitrogens with one attached hydrogen (secondary N) is 2. The molecule has 0 saturated carbocycles. The molecule has 2 aromatic heterocycles. The molecular weight excluding hydrogens is 621 g/mol. The van der Waals surface area contributed by atoms with Crippen LogP contribution in [-0.2, 0) is 16.1 Å². The first-order chi connectivity index (χ1) is 24.2. The molecule has 0 radical (unpaired) electrons. The smallest absolute Gasteiger partial charge is 0.230 e. The van der Waals surface area contributed by atoms with Gasteiger partial charge in [0, 0.05) is 30.6 Å². The molecule has 2 amide bonds. The molecular formula is C42H48N6O2. The van der Waals surface area contributed by atoms with Crippen molar-refractivity contribution in [3.8, 4) is 23.1 Å². The fourth-order valence-electron chi connectivity index (χ4n) is 6.94. The van der Waals surface area contributed by atoms with E-state index in [0.29, 0.717) is 25.4 Å². The van der Waals surface area contributed by atoms with Crippen LogP contribution in [0.3, 0.4) is 0 Å². The SMILES string of the molecule is CCCN(Cc1ncc(-c2ccc(C#Cc3ccc4nc([C@@H]5CCCN5C(=O)CC(C)C)[nH]c4c3)cc2)[nH]1)C(=O)[C@@H](c1ccccc1)C(C)C. The minimum atomic E-state index is -0.195. The van der Waals surface area contributed by atoms with Gasteiger partial charge >= 0.3 is 0 Å². The summed E-state index contributed by atoms with van der Waals surface area (Å²) in [5.41, 5.74) is 6.58. The summed E-state index contributed by atoms with van der Waals surface area (Å²) < 4.78 is 0. The van der Waals surface area contributed by atoms with Crippen LogP contribution >= 0.6 is 0 Å². The first kappa shape index (κ1) is 34.7.